The molecular formula is C27H44O4. The lowest BCUT2D eigenvalue weighted by molar-refractivity contribution is -0.138. The smallest absolute Gasteiger partial charge is 0.311 e. The number of carboxylic acids is 1. The highest BCUT2D eigenvalue weighted by Crippen LogP contribution is 2.21. The highest BCUT2D eigenvalue weighted by Gasteiger charge is 2.14. The summed E-state index contributed by atoms with van der Waals surface area (Å²) in [6.07, 6.45) is 19.9. The van der Waals surface area contributed by atoms with Crippen LogP contribution in [0.1, 0.15) is 128 Å². The molecule has 1 unspecified atom stereocenters. The Kier molecular flexibility index (Phi) is 15.6. The molecule has 0 saturated carbocycles. The maximum Gasteiger partial charge on any atom is 0.311 e. The summed E-state index contributed by atoms with van der Waals surface area (Å²) in [4.78, 5) is 23.1. The van der Waals surface area contributed by atoms with Gasteiger partial charge < -0.3 is 9.84 Å². The SMILES string of the molecule is CCCCCCCCCCCCCCCCCC(=O)Oc1cccc(C(C)C(=O)O)c1. The van der Waals surface area contributed by atoms with Gasteiger partial charge in [-0.25, -0.2) is 0 Å². The number of carboxylic acid groups (broad SMARTS) is 1. The summed E-state index contributed by atoms with van der Waals surface area (Å²) in [6.45, 7) is 3.89. The molecule has 1 rings (SSSR count). The van der Waals surface area contributed by atoms with Crippen LogP contribution in [0.25, 0.3) is 0 Å². The minimum Gasteiger partial charge on any atom is -0.481 e. The van der Waals surface area contributed by atoms with Crippen LogP contribution in [0.3, 0.4) is 0 Å². The Labute approximate surface area is 189 Å². The second-order valence-electron chi connectivity index (χ2n) is 8.81. The van der Waals surface area contributed by atoms with E-state index in [1.54, 1.807) is 31.2 Å². The van der Waals surface area contributed by atoms with Crippen molar-refractivity contribution < 1.29 is 19.4 Å². The second kappa shape index (κ2) is 17.8. The first-order valence-corrected chi connectivity index (χ1v) is 12.6. The molecule has 0 aliphatic carbocycles. The Morgan fingerprint density at radius 1 is 0.806 bits per heavy atom. The maximum atomic E-state index is 12.0. The van der Waals surface area contributed by atoms with Gasteiger partial charge in [0.25, 0.3) is 0 Å². The summed E-state index contributed by atoms with van der Waals surface area (Å²) >= 11 is 0. The van der Waals surface area contributed by atoms with Crippen molar-refractivity contribution in [2.75, 3.05) is 0 Å². The van der Waals surface area contributed by atoms with Crippen molar-refractivity contribution in [3.63, 3.8) is 0 Å². The topological polar surface area (TPSA) is 63.6 Å². The summed E-state index contributed by atoms with van der Waals surface area (Å²) in [5.41, 5.74) is 0.643. The molecule has 0 bridgehead atoms. The zero-order chi connectivity index (χ0) is 22.7. The molecule has 0 aliphatic heterocycles. The fourth-order valence-corrected chi connectivity index (χ4v) is 3.81. The predicted molar refractivity (Wildman–Crippen MR) is 128 cm³/mol. The molecule has 0 aromatic heterocycles. The van der Waals surface area contributed by atoms with Crippen LogP contribution in [0.15, 0.2) is 24.3 Å². The Hall–Kier alpha value is -1.84. The summed E-state index contributed by atoms with van der Waals surface area (Å²) in [5.74, 6) is -1.32. The van der Waals surface area contributed by atoms with Crippen molar-refractivity contribution in [2.24, 2.45) is 0 Å². The second-order valence-corrected chi connectivity index (χ2v) is 8.81. The van der Waals surface area contributed by atoms with Crippen LogP contribution >= 0.6 is 0 Å². The highest BCUT2D eigenvalue weighted by molar-refractivity contribution is 5.76. The third kappa shape index (κ3) is 14.0. The Balaban J connectivity index is 1.97. The molecule has 0 aliphatic rings. The molecule has 1 N–H and O–H groups in total. The van der Waals surface area contributed by atoms with Gasteiger partial charge in [0.1, 0.15) is 5.75 Å². The van der Waals surface area contributed by atoms with Crippen molar-refractivity contribution in [1.82, 2.24) is 0 Å². The van der Waals surface area contributed by atoms with E-state index in [-0.39, 0.29) is 5.97 Å². The molecule has 31 heavy (non-hydrogen) atoms. The zero-order valence-electron chi connectivity index (χ0n) is 19.9. The number of carbonyl (C=O) groups is 2. The molecule has 0 heterocycles. The number of hydrogen-bond acceptors (Lipinski definition) is 3. The summed E-state index contributed by atoms with van der Waals surface area (Å²) in [5, 5.41) is 9.10. The fraction of sp³-hybridized carbons (Fsp3) is 0.704. The van der Waals surface area contributed by atoms with Crippen LogP contribution in [0.4, 0.5) is 0 Å². The Morgan fingerprint density at radius 2 is 1.29 bits per heavy atom. The number of benzene rings is 1. The molecule has 0 amide bonds. The lowest BCUT2D eigenvalue weighted by Gasteiger charge is -2.09. The zero-order valence-corrected chi connectivity index (χ0v) is 19.9. The molecule has 4 heteroatoms. The van der Waals surface area contributed by atoms with Crippen molar-refractivity contribution in [2.45, 2.75) is 122 Å². The number of aliphatic carboxylic acids is 1. The van der Waals surface area contributed by atoms with Gasteiger partial charge in [-0.3, -0.25) is 9.59 Å². The van der Waals surface area contributed by atoms with Crippen molar-refractivity contribution in [3.8, 4) is 5.75 Å². The standard InChI is InChI=1S/C27H44O4/c1-3-4-5-6-7-8-9-10-11-12-13-14-15-16-17-21-26(28)31-25-20-18-19-24(22-25)23(2)27(29)30/h18-20,22-23H,3-17,21H2,1-2H3,(H,29,30). The molecule has 0 spiro atoms. The summed E-state index contributed by atoms with van der Waals surface area (Å²) in [7, 11) is 0. The number of ether oxygens (including phenoxy) is 1. The van der Waals surface area contributed by atoms with Gasteiger partial charge in [0.15, 0.2) is 0 Å². The molecule has 0 fully saturated rings. The van der Waals surface area contributed by atoms with Crippen LogP contribution in [0.2, 0.25) is 0 Å². The van der Waals surface area contributed by atoms with Crippen LogP contribution < -0.4 is 4.74 Å². The van der Waals surface area contributed by atoms with E-state index in [1.165, 1.54) is 83.5 Å². The number of esters is 1. The van der Waals surface area contributed by atoms with Crippen molar-refractivity contribution in [3.05, 3.63) is 29.8 Å². The Morgan fingerprint density at radius 3 is 1.77 bits per heavy atom. The fourth-order valence-electron chi connectivity index (χ4n) is 3.81. The molecule has 0 radical (unpaired) electrons. The minimum absolute atomic E-state index is 0.241. The number of rotatable bonds is 19. The van der Waals surface area contributed by atoms with Gasteiger partial charge >= 0.3 is 11.9 Å². The van der Waals surface area contributed by atoms with Crippen LogP contribution in [-0.2, 0) is 9.59 Å². The van der Waals surface area contributed by atoms with E-state index in [0.717, 1.165) is 12.8 Å². The van der Waals surface area contributed by atoms with Crippen molar-refractivity contribution >= 4 is 11.9 Å². The summed E-state index contributed by atoms with van der Waals surface area (Å²) < 4.78 is 5.37. The molecular weight excluding hydrogens is 388 g/mol. The quantitative estimate of drug-likeness (QED) is 0.136. The normalized spacial score (nSPS) is 11.9. The van der Waals surface area contributed by atoms with Gasteiger partial charge in [-0.15, -0.1) is 0 Å². The molecule has 1 aromatic carbocycles. The number of unbranched alkanes of at least 4 members (excludes halogenated alkanes) is 14. The van der Waals surface area contributed by atoms with Gasteiger partial charge in [-0.05, 0) is 31.0 Å². The molecule has 1 atom stereocenters. The third-order valence-corrected chi connectivity index (χ3v) is 5.94. The Bertz CT molecular complexity index is 611. The molecule has 0 saturated heterocycles. The average molecular weight is 433 g/mol. The van der Waals surface area contributed by atoms with E-state index in [0.29, 0.717) is 17.7 Å². The van der Waals surface area contributed by atoms with E-state index in [2.05, 4.69) is 6.92 Å². The minimum atomic E-state index is -0.888. The van der Waals surface area contributed by atoms with E-state index in [1.807, 2.05) is 0 Å². The van der Waals surface area contributed by atoms with Gasteiger partial charge in [-0.1, -0.05) is 109 Å². The average Bonchev–Trinajstić information content (AvgIpc) is 2.76. The van der Waals surface area contributed by atoms with Crippen molar-refractivity contribution in [1.29, 1.82) is 0 Å². The van der Waals surface area contributed by atoms with Crippen LogP contribution in [0.5, 0.6) is 5.75 Å². The van der Waals surface area contributed by atoms with Gasteiger partial charge in [-0.2, -0.15) is 0 Å². The lowest BCUT2D eigenvalue weighted by Crippen LogP contribution is -2.10. The van der Waals surface area contributed by atoms with Gasteiger partial charge in [0.2, 0.25) is 0 Å². The predicted octanol–water partition coefficient (Wildman–Crippen LogP) is 8.04. The summed E-state index contributed by atoms with van der Waals surface area (Å²) in [6, 6.07) is 6.81. The highest BCUT2D eigenvalue weighted by atomic mass is 16.5. The third-order valence-electron chi connectivity index (χ3n) is 5.94. The molecule has 1 aromatic rings. The van der Waals surface area contributed by atoms with Crippen LogP contribution in [0, 0.1) is 0 Å². The van der Waals surface area contributed by atoms with E-state index in [4.69, 9.17) is 9.84 Å². The van der Waals surface area contributed by atoms with E-state index in [9.17, 15) is 9.59 Å². The van der Waals surface area contributed by atoms with E-state index < -0.39 is 11.9 Å². The number of hydrogen-bond donors (Lipinski definition) is 1. The largest absolute Gasteiger partial charge is 0.481 e. The first-order valence-electron chi connectivity index (χ1n) is 12.6. The maximum absolute atomic E-state index is 12.0. The molecule has 4 nitrogen and oxygen atoms in total. The van der Waals surface area contributed by atoms with Gasteiger partial charge in [0, 0.05) is 6.42 Å². The monoisotopic (exact) mass is 432 g/mol. The first kappa shape index (κ1) is 27.2. The van der Waals surface area contributed by atoms with E-state index >= 15 is 0 Å². The first-order chi connectivity index (χ1) is 15.0. The van der Waals surface area contributed by atoms with Crippen LogP contribution in [-0.4, -0.2) is 17.0 Å². The molecule has 176 valence electrons. The van der Waals surface area contributed by atoms with Gasteiger partial charge in [0.05, 0.1) is 5.92 Å². The lowest BCUT2D eigenvalue weighted by atomic mass is 10.0. The number of carbonyl (C=O) groups excluding carboxylic acids is 1.